The van der Waals surface area contributed by atoms with E-state index in [1.807, 2.05) is 30.3 Å². The summed E-state index contributed by atoms with van der Waals surface area (Å²) >= 11 is 0. The maximum Gasteiger partial charge on any atom is 0.263 e. The van der Waals surface area contributed by atoms with E-state index >= 15 is 0 Å². The summed E-state index contributed by atoms with van der Waals surface area (Å²) in [5.74, 6) is 2.52. The van der Waals surface area contributed by atoms with Crippen LogP contribution in [0.3, 0.4) is 0 Å². The number of carbonyl (C=O) groups is 1. The summed E-state index contributed by atoms with van der Waals surface area (Å²) in [7, 11) is 0. The molecule has 1 aliphatic heterocycles. The number of amides is 1. The zero-order valence-electron chi connectivity index (χ0n) is 16.8. The van der Waals surface area contributed by atoms with Crippen molar-refractivity contribution in [2.75, 3.05) is 13.1 Å². The molecule has 0 atom stereocenters. The molecule has 7 heteroatoms. The first-order valence-electron chi connectivity index (χ1n) is 10.6. The average molecular weight is 403 g/mol. The van der Waals surface area contributed by atoms with Gasteiger partial charge in [-0.05, 0) is 43.4 Å². The fourth-order valence-electron chi connectivity index (χ4n) is 4.13. The molecule has 5 rings (SSSR count). The Morgan fingerprint density at radius 3 is 2.50 bits per heavy atom. The number of hydrogen-bond acceptors (Lipinski definition) is 4. The Kier molecular flexibility index (Phi) is 4.94. The highest BCUT2D eigenvalue weighted by molar-refractivity contribution is 5.93. The molecule has 1 saturated heterocycles. The van der Waals surface area contributed by atoms with Crippen LogP contribution in [-0.2, 0) is 6.54 Å². The minimum atomic E-state index is -0.238. The molecule has 2 aliphatic rings. The van der Waals surface area contributed by atoms with Crippen molar-refractivity contribution < 1.29 is 4.79 Å². The second-order valence-electron chi connectivity index (χ2n) is 8.26. The molecule has 7 nitrogen and oxygen atoms in total. The van der Waals surface area contributed by atoms with Gasteiger partial charge in [0.05, 0.1) is 6.54 Å². The van der Waals surface area contributed by atoms with E-state index in [4.69, 9.17) is 0 Å². The number of aromatic amines is 1. The van der Waals surface area contributed by atoms with Gasteiger partial charge in [0.1, 0.15) is 11.4 Å². The highest BCUT2D eigenvalue weighted by Gasteiger charge is 2.31. The molecule has 1 N–H and O–H groups in total. The lowest BCUT2D eigenvalue weighted by Gasteiger charge is -2.31. The van der Waals surface area contributed by atoms with Crippen LogP contribution in [0.5, 0.6) is 0 Å². The molecule has 1 saturated carbocycles. The van der Waals surface area contributed by atoms with Gasteiger partial charge in [0, 0.05) is 31.1 Å². The van der Waals surface area contributed by atoms with Gasteiger partial charge in [-0.2, -0.15) is 5.10 Å². The first-order chi connectivity index (χ1) is 14.7. The number of rotatable bonds is 5. The number of nitrogens with one attached hydrogen (secondary N) is 1. The SMILES string of the molecule is O=C(c1cccn(Cc2ccccc2)c1=O)N1CCC(c2nc(C3CC3)n[nH]2)CC1. The summed E-state index contributed by atoms with van der Waals surface area (Å²) in [4.78, 5) is 32.4. The third-order valence-electron chi connectivity index (χ3n) is 6.08. The van der Waals surface area contributed by atoms with Crippen molar-refractivity contribution in [1.29, 1.82) is 0 Å². The largest absolute Gasteiger partial charge is 0.338 e. The van der Waals surface area contributed by atoms with Gasteiger partial charge in [0.25, 0.3) is 11.5 Å². The van der Waals surface area contributed by atoms with Crippen LogP contribution in [0, 0.1) is 0 Å². The third kappa shape index (κ3) is 3.79. The highest BCUT2D eigenvalue weighted by Crippen LogP contribution is 2.38. The van der Waals surface area contributed by atoms with Crippen LogP contribution >= 0.6 is 0 Å². The first kappa shape index (κ1) is 18.8. The maximum atomic E-state index is 13.0. The molecule has 1 amide bonds. The van der Waals surface area contributed by atoms with Gasteiger partial charge < -0.3 is 9.47 Å². The molecule has 0 spiro atoms. The van der Waals surface area contributed by atoms with Crippen molar-refractivity contribution in [1.82, 2.24) is 24.6 Å². The normalized spacial score (nSPS) is 17.3. The fourth-order valence-corrected chi connectivity index (χ4v) is 4.13. The number of H-pyrrole nitrogens is 1. The molecule has 30 heavy (non-hydrogen) atoms. The number of nitrogens with zero attached hydrogens (tertiary/aromatic N) is 4. The molecular formula is C23H25N5O2. The van der Waals surface area contributed by atoms with Gasteiger partial charge in [0.15, 0.2) is 5.82 Å². The predicted molar refractivity (Wildman–Crippen MR) is 112 cm³/mol. The fraction of sp³-hybridized carbons (Fsp3) is 0.391. The first-order valence-corrected chi connectivity index (χ1v) is 10.6. The Balaban J connectivity index is 1.26. The second-order valence-corrected chi connectivity index (χ2v) is 8.26. The van der Waals surface area contributed by atoms with E-state index in [1.165, 1.54) is 12.8 Å². The van der Waals surface area contributed by atoms with E-state index in [0.717, 1.165) is 30.1 Å². The Hall–Kier alpha value is -3.22. The summed E-state index contributed by atoms with van der Waals surface area (Å²) in [5, 5.41) is 7.44. The van der Waals surface area contributed by atoms with Crippen molar-refractivity contribution in [3.8, 4) is 0 Å². The van der Waals surface area contributed by atoms with Gasteiger partial charge in [-0.25, -0.2) is 4.98 Å². The smallest absolute Gasteiger partial charge is 0.263 e. The Morgan fingerprint density at radius 2 is 1.77 bits per heavy atom. The Labute approximate surface area is 174 Å². The van der Waals surface area contributed by atoms with Crippen LogP contribution in [0.25, 0.3) is 0 Å². The molecule has 0 radical (unpaired) electrons. The molecule has 1 aliphatic carbocycles. The van der Waals surface area contributed by atoms with E-state index in [-0.39, 0.29) is 17.0 Å². The van der Waals surface area contributed by atoms with Gasteiger partial charge in [-0.3, -0.25) is 14.7 Å². The molecule has 1 aromatic carbocycles. The van der Waals surface area contributed by atoms with Crippen LogP contribution in [0.4, 0.5) is 0 Å². The molecule has 3 heterocycles. The molecule has 2 fully saturated rings. The lowest BCUT2D eigenvalue weighted by atomic mass is 9.95. The van der Waals surface area contributed by atoms with Crippen LogP contribution < -0.4 is 5.56 Å². The quantitative estimate of drug-likeness (QED) is 0.710. The van der Waals surface area contributed by atoms with Gasteiger partial charge >= 0.3 is 0 Å². The number of pyridine rings is 1. The molecule has 154 valence electrons. The van der Waals surface area contributed by atoms with Gasteiger partial charge in [-0.1, -0.05) is 30.3 Å². The zero-order chi connectivity index (χ0) is 20.5. The van der Waals surface area contributed by atoms with E-state index in [2.05, 4.69) is 15.2 Å². The van der Waals surface area contributed by atoms with E-state index < -0.39 is 0 Å². The summed E-state index contributed by atoms with van der Waals surface area (Å²) in [6.07, 6.45) is 5.76. The number of hydrogen-bond donors (Lipinski definition) is 1. The number of piperidine rings is 1. The molecular weight excluding hydrogens is 378 g/mol. The zero-order valence-corrected chi connectivity index (χ0v) is 16.8. The van der Waals surface area contributed by atoms with Crippen molar-refractivity contribution in [2.45, 2.75) is 44.1 Å². The van der Waals surface area contributed by atoms with Gasteiger partial charge in [0.2, 0.25) is 0 Å². The summed E-state index contributed by atoms with van der Waals surface area (Å²) in [6, 6.07) is 13.2. The van der Waals surface area contributed by atoms with E-state index in [1.54, 1.807) is 27.8 Å². The van der Waals surface area contributed by atoms with Crippen molar-refractivity contribution in [2.24, 2.45) is 0 Å². The lowest BCUT2D eigenvalue weighted by Crippen LogP contribution is -2.41. The van der Waals surface area contributed by atoms with Crippen LogP contribution in [0.1, 0.15) is 65.1 Å². The number of aromatic nitrogens is 4. The Morgan fingerprint density at radius 1 is 1.00 bits per heavy atom. The van der Waals surface area contributed by atoms with Crippen molar-refractivity contribution in [3.63, 3.8) is 0 Å². The van der Waals surface area contributed by atoms with E-state index in [9.17, 15) is 9.59 Å². The summed E-state index contributed by atoms with van der Waals surface area (Å²) < 4.78 is 1.60. The monoisotopic (exact) mass is 403 g/mol. The maximum absolute atomic E-state index is 13.0. The number of likely N-dealkylation sites (tertiary alicyclic amines) is 1. The molecule has 3 aromatic rings. The van der Waals surface area contributed by atoms with Crippen LogP contribution in [0.2, 0.25) is 0 Å². The lowest BCUT2D eigenvalue weighted by molar-refractivity contribution is 0.0708. The second kappa shape index (κ2) is 7.89. The molecule has 0 unspecified atom stereocenters. The van der Waals surface area contributed by atoms with Gasteiger partial charge in [-0.15, -0.1) is 0 Å². The highest BCUT2D eigenvalue weighted by atomic mass is 16.2. The predicted octanol–water partition coefficient (Wildman–Crippen LogP) is 2.91. The van der Waals surface area contributed by atoms with Crippen molar-refractivity contribution in [3.05, 3.63) is 81.8 Å². The number of benzene rings is 1. The minimum Gasteiger partial charge on any atom is -0.338 e. The minimum absolute atomic E-state index is 0.183. The number of carbonyl (C=O) groups excluding carboxylic acids is 1. The third-order valence-corrected chi connectivity index (χ3v) is 6.08. The summed E-state index contributed by atoms with van der Waals surface area (Å²) in [5.41, 5.74) is 1.03. The van der Waals surface area contributed by atoms with Crippen molar-refractivity contribution >= 4 is 5.91 Å². The summed E-state index contributed by atoms with van der Waals surface area (Å²) in [6.45, 7) is 1.70. The Bertz CT molecular complexity index is 1090. The van der Waals surface area contributed by atoms with Crippen LogP contribution in [-0.4, -0.2) is 43.6 Å². The molecule has 0 bridgehead atoms. The van der Waals surface area contributed by atoms with Crippen LogP contribution in [0.15, 0.2) is 53.5 Å². The standard InChI is InChI=1S/C23H25N5O2/c29-22(19-7-4-12-28(23(19)30)15-16-5-2-1-3-6-16)27-13-10-18(11-14-27)21-24-20(25-26-21)17-8-9-17/h1-7,12,17-18H,8-11,13-15H2,(H,24,25,26). The molecule has 2 aromatic heterocycles. The van der Waals surface area contributed by atoms with E-state index in [0.29, 0.717) is 31.5 Å². The average Bonchev–Trinajstić information content (AvgIpc) is 3.52. The topological polar surface area (TPSA) is 83.9 Å².